The van der Waals surface area contributed by atoms with Crippen LogP contribution in [0.25, 0.3) is 0 Å². The Labute approximate surface area is 83.4 Å². The minimum Gasteiger partial charge on any atom is -0.375 e. The second-order valence-corrected chi connectivity index (χ2v) is 4.24. The number of aromatic nitrogens is 1. The lowest BCUT2D eigenvalue weighted by Crippen LogP contribution is -2.18. The third kappa shape index (κ3) is 2.67. The number of nitrogen functional groups attached to an aromatic ring is 1. The van der Waals surface area contributed by atoms with Crippen LogP contribution in [-0.2, 0) is 0 Å². The van der Waals surface area contributed by atoms with E-state index in [0.717, 1.165) is 18.7 Å². The molecule has 3 nitrogen and oxygen atoms in total. The van der Waals surface area contributed by atoms with E-state index in [2.05, 4.69) is 24.1 Å². The fourth-order valence-electron chi connectivity index (χ4n) is 1.28. The van der Waals surface area contributed by atoms with Gasteiger partial charge in [-0.1, -0.05) is 6.92 Å². The number of anilines is 1. The van der Waals surface area contributed by atoms with Crippen molar-refractivity contribution in [1.29, 1.82) is 0 Å². The van der Waals surface area contributed by atoms with Crippen molar-refractivity contribution in [2.24, 2.45) is 0 Å². The number of hydrogen-bond acceptors (Lipinski definition) is 4. The number of rotatable bonds is 4. The van der Waals surface area contributed by atoms with Crippen LogP contribution in [0.2, 0.25) is 0 Å². The lowest BCUT2D eigenvalue weighted by atomic mass is 10.2. The Morgan fingerprint density at radius 2 is 2.31 bits per heavy atom. The molecule has 1 unspecified atom stereocenters. The van der Waals surface area contributed by atoms with Gasteiger partial charge in [0.25, 0.3) is 0 Å². The Morgan fingerprint density at radius 3 is 2.77 bits per heavy atom. The van der Waals surface area contributed by atoms with Gasteiger partial charge in [-0.05, 0) is 26.8 Å². The first kappa shape index (κ1) is 10.5. The molecule has 1 atom stereocenters. The van der Waals surface area contributed by atoms with Gasteiger partial charge in [0.05, 0.1) is 5.69 Å². The molecule has 0 aliphatic heterocycles. The van der Waals surface area contributed by atoms with E-state index in [1.807, 2.05) is 6.92 Å². The Bertz CT molecular complexity index is 270. The molecule has 0 fully saturated rings. The summed E-state index contributed by atoms with van der Waals surface area (Å²) in [5, 5.41) is 4.08. The lowest BCUT2D eigenvalue weighted by Gasteiger charge is -2.11. The number of nitrogens with one attached hydrogen (secondary N) is 1. The average molecular weight is 199 g/mol. The normalized spacial score (nSPS) is 13.2. The van der Waals surface area contributed by atoms with Gasteiger partial charge >= 0.3 is 0 Å². The van der Waals surface area contributed by atoms with Gasteiger partial charge in [-0.3, -0.25) is 0 Å². The van der Waals surface area contributed by atoms with Crippen molar-refractivity contribution in [1.82, 2.24) is 10.3 Å². The zero-order chi connectivity index (χ0) is 9.84. The topological polar surface area (TPSA) is 50.9 Å². The molecule has 1 aromatic heterocycles. The zero-order valence-electron chi connectivity index (χ0n) is 8.42. The summed E-state index contributed by atoms with van der Waals surface area (Å²) in [5.74, 6) is 0. The van der Waals surface area contributed by atoms with Gasteiger partial charge in [0.2, 0.25) is 0 Å². The molecule has 4 heteroatoms. The second-order valence-electron chi connectivity index (χ2n) is 3.18. The zero-order valence-corrected chi connectivity index (χ0v) is 9.24. The molecular weight excluding hydrogens is 182 g/mol. The summed E-state index contributed by atoms with van der Waals surface area (Å²) in [7, 11) is 0. The number of nitrogens with two attached hydrogens (primary N) is 1. The molecule has 1 aromatic rings. The molecule has 0 aromatic carbocycles. The summed E-state index contributed by atoms with van der Waals surface area (Å²) in [5.41, 5.74) is 6.68. The predicted octanol–water partition coefficient (Wildman–Crippen LogP) is 2.09. The predicted molar refractivity (Wildman–Crippen MR) is 58.0 cm³/mol. The van der Waals surface area contributed by atoms with E-state index >= 15 is 0 Å². The highest BCUT2D eigenvalue weighted by molar-refractivity contribution is 7.15. The van der Waals surface area contributed by atoms with E-state index in [4.69, 9.17) is 5.73 Å². The van der Waals surface area contributed by atoms with E-state index in [9.17, 15) is 0 Å². The summed E-state index contributed by atoms with van der Waals surface area (Å²) in [4.78, 5) is 5.45. The van der Waals surface area contributed by atoms with Crippen molar-refractivity contribution in [3.63, 3.8) is 0 Å². The van der Waals surface area contributed by atoms with E-state index < -0.39 is 0 Å². The van der Waals surface area contributed by atoms with Crippen LogP contribution < -0.4 is 11.1 Å². The van der Waals surface area contributed by atoms with Gasteiger partial charge in [-0.25, -0.2) is 4.98 Å². The third-order valence-electron chi connectivity index (χ3n) is 1.94. The van der Waals surface area contributed by atoms with Crippen molar-refractivity contribution >= 4 is 16.5 Å². The number of nitrogens with zero attached hydrogens (tertiary/aromatic N) is 1. The first-order chi connectivity index (χ1) is 6.15. The molecular formula is C9H17N3S. The Balaban J connectivity index is 2.64. The second kappa shape index (κ2) is 4.58. The maximum absolute atomic E-state index is 5.63. The van der Waals surface area contributed by atoms with E-state index in [1.165, 1.54) is 4.88 Å². The minimum absolute atomic E-state index is 0.370. The Morgan fingerprint density at radius 1 is 1.62 bits per heavy atom. The number of aryl methyl sites for hydroxylation is 1. The SMILES string of the molecule is CCCNC(C)c1sc(N)nc1C. The maximum atomic E-state index is 5.63. The highest BCUT2D eigenvalue weighted by atomic mass is 32.1. The van der Waals surface area contributed by atoms with Crippen LogP contribution >= 0.6 is 11.3 Å². The summed E-state index contributed by atoms with van der Waals surface area (Å²) in [6.07, 6.45) is 1.15. The molecule has 0 aliphatic rings. The van der Waals surface area contributed by atoms with Crippen LogP contribution in [0.1, 0.15) is 36.9 Å². The monoisotopic (exact) mass is 199 g/mol. The standard InChI is InChI=1S/C9H17N3S/c1-4-5-11-6(2)8-7(3)12-9(10)13-8/h6,11H,4-5H2,1-3H3,(H2,10,12). The molecule has 0 saturated heterocycles. The minimum atomic E-state index is 0.370. The van der Waals surface area contributed by atoms with E-state index in [0.29, 0.717) is 11.2 Å². The van der Waals surface area contributed by atoms with Crippen molar-refractivity contribution in [2.45, 2.75) is 33.2 Å². The highest BCUT2D eigenvalue weighted by Gasteiger charge is 2.11. The summed E-state index contributed by atoms with van der Waals surface area (Å²) < 4.78 is 0. The summed E-state index contributed by atoms with van der Waals surface area (Å²) in [6.45, 7) is 7.36. The summed E-state index contributed by atoms with van der Waals surface area (Å²) >= 11 is 1.58. The van der Waals surface area contributed by atoms with Crippen molar-refractivity contribution < 1.29 is 0 Å². The first-order valence-electron chi connectivity index (χ1n) is 4.61. The Kier molecular flexibility index (Phi) is 3.69. The quantitative estimate of drug-likeness (QED) is 0.780. The van der Waals surface area contributed by atoms with Gasteiger partial charge in [0.15, 0.2) is 5.13 Å². The molecule has 3 N–H and O–H groups in total. The van der Waals surface area contributed by atoms with Crippen molar-refractivity contribution in [3.05, 3.63) is 10.6 Å². The number of thiazole rings is 1. The van der Waals surface area contributed by atoms with Crippen molar-refractivity contribution in [3.8, 4) is 0 Å². The fraction of sp³-hybridized carbons (Fsp3) is 0.667. The molecule has 0 radical (unpaired) electrons. The maximum Gasteiger partial charge on any atom is 0.180 e. The fourth-order valence-corrected chi connectivity index (χ4v) is 2.15. The smallest absolute Gasteiger partial charge is 0.180 e. The third-order valence-corrected chi connectivity index (χ3v) is 3.11. The van der Waals surface area contributed by atoms with E-state index in [1.54, 1.807) is 11.3 Å². The molecule has 74 valence electrons. The number of hydrogen-bond donors (Lipinski definition) is 2. The first-order valence-corrected chi connectivity index (χ1v) is 5.43. The van der Waals surface area contributed by atoms with Crippen LogP contribution in [0.15, 0.2) is 0 Å². The van der Waals surface area contributed by atoms with Gasteiger partial charge in [-0.2, -0.15) is 0 Å². The molecule has 0 spiro atoms. The van der Waals surface area contributed by atoms with Crippen LogP contribution in [-0.4, -0.2) is 11.5 Å². The van der Waals surface area contributed by atoms with Gasteiger partial charge < -0.3 is 11.1 Å². The summed E-state index contributed by atoms with van der Waals surface area (Å²) in [6, 6.07) is 0.370. The van der Waals surface area contributed by atoms with Crippen LogP contribution in [0.4, 0.5) is 5.13 Å². The highest BCUT2D eigenvalue weighted by Crippen LogP contribution is 2.25. The average Bonchev–Trinajstić information content (AvgIpc) is 2.41. The lowest BCUT2D eigenvalue weighted by molar-refractivity contribution is 0.575. The Hall–Kier alpha value is -0.610. The van der Waals surface area contributed by atoms with Gasteiger partial charge in [0.1, 0.15) is 0 Å². The van der Waals surface area contributed by atoms with E-state index in [-0.39, 0.29) is 0 Å². The molecule has 1 heterocycles. The van der Waals surface area contributed by atoms with Crippen molar-refractivity contribution in [2.75, 3.05) is 12.3 Å². The molecule has 0 bridgehead atoms. The van der Waals surface area contributed by atoms with Gasteiger partial charge in [0, 0.05) is 10.9 Å². The molecule has 1 rings (SSSR count). The van der Waals surface area contributed by atoms with Crippen LogP contribution in [0.3, 0.4) is 0 Å². The largest absolute Gasteiger partial charge is 0.375 e. The molecule has 0 aliphatic carbocycles. The molecule has 0 amide bonds. The van der Waals surface area contributed by atoms with Gasteiger partial charge in [-0.15, -0.1) is 11.3 Å². The molecule has 0 saturated carbocycles. The van der Waals surface area contributed by atoms with Crippen LogP contribution in [0, 0.1) is 6.92 Å². The molecule has 13 heavy (non-hydrogen) atoms. The van der Waals surface area contributed by atoms with Crippen LogP contribution in [0.5, 0.6) is 0 Å².